The van der Waals surface area contributed by atoms with Crippen molar-refractivity contribution < 1.29 is 27.8 Å². The number of benzene rings is 2. The molecular formula is C25H32NO6S-. The van der Waals surface area contributed by atoms with E-state index in [1.54, 1.807) is 58.9 Å². The average molecular weight is 475 g/mol. The number of esters is 2. The van der Waals surface area contributed by atoms with Crippen LogP contribution in [-0.2, 0) is 42.3 Å². The first-order valence-electron chi connectivity index (χ1n) is 10.7. The number of hydrogen-bond donors (Lipinski definition) is 1. The second-order valence-corrected chi connectivity index (χ2v) is 10.3. The minimum Gasteiger partial charge on any atom is -0.760 e. The fraction of sp³-hybridized carbons (Fsp3) is 0.440. The van der Waals surface area contributed by atoms with E-state index in [9.17, 15) is 18.4 Å². The molecule has 1 N–H and O–H groups in total. The maximum Gasteiger partial charge on any atom is 0.310 e. The maximum absolute atomic E-state index is 13.1. The zero-order valence-electron chi connectivity index (χ0n) is 19.8. The van der Waals surface area contributed by atoms with Crippen LogP contribution in [0, 0.1) is 0 Å². The molecule has 0 amide bonds. The van der Waals surface area contributed by atoms with E-state index in [4.69, 9.17) is 9.47 Å². The quantitative estimate of drug-likeness (QED) is 0.413. The largest absolute Gasteiger partial charge is 0.760 e. The van der Waals surface area contributed by atoms with Crippen LogP contribution in [0.4, 0.5) is 0 Å². The number of carbonyl (C=O) groups is 2. The summed E-state index contributed by atoms with van der Waals surface area (Å²) in [6.45, 7) is 8.52. The summed E-state index contributed by atoms with van der Waals surface area (Å²) in [5, 5.41) is 0. The normalized spacial score (nSPS) is 14.7. The van der Waals surface area contributed by atoms with Crippen LogP contribution in [0.3, 0.4) is 0 Å². The Balaban J connectivity index is 2.30. The zero-order valence-corrected chi connectivity index (χ0v) is 20.6. The molecule has 2 rings (SSSR count). The molecular weight excluding hydrogens is 442 g/mol. The van der Waals surface area contributed by atoms with Gasteiger partial charge >= 0.3 is 11.9 Å². The van der Waals surface area contributed by atoms with Gasteiger partial charge in [-0.1, -0.05) is 60.7 Å². The minimum absolute atomic E-state index is 0.131. The lowest BCUT2D eigenvalue weighted by Gasteiger charge is -2.37. The van der Waals surface area contributed by atoms with Crippen molar-refractivity contribution in [2.24, 2.45) is 0 Å². The molecule has 180 valence electrons. The molecule has 0 aliphatic carbocycles. The van der Waals surface area contributed by atoms with Crippen molar-refractivity contribution in [1.29, 1.82) is 0 Å². The summed E-state index contributed by atoms with van der Waals surface area (Å²) in [5.74, 6) is -1.13. The Morgan fingerprint density at radius 3 is 1.88 bits per heavy atom. The van der Waals surface area contributed by atoms with E-state index in [0.717, 1.165) is 5.56 Å². The molecule has 0 radical (unpaired) electrons. The van der Waals surface area contributed by atoms with Crippen LogP contribution < -0.4 is 4.72 Å². The molecule has 33 heavy (non-hydrogen) atoms. The first-order chi connectivity index (χ1) is 15.3. The Hall–Kier alpha value is -2.55. The molecule has 2 aromatic carbocycles. The third-order valence-corrected chi connectivity index (χ3v) is 5.34. The van der Waals surface area contributed by atoms with E-state index in [2.05, 4.69) is 4.72 Å². The molecule has 8 heteroatoms. The third kappa shape index (κ3) is 9.07. The molecule has 0 fully saturated rings. The summed E-state index contributed by atoms with van der Waals surface area (Å²) in [6, 6.07) is 18.2. The van der Waals surface area contributed by atoms with Gasteiger partial charge in [0.2, 0.25) is 0 Å². The van der Waals surface area contributed by atoms with Crippen molar-refractivity contribution >= 4 is 23.2 Å². The predicted molar refractivity (Wildman–Crippen MR) is 126 cm³/mol. The van der Waals surface area contributed by atoms with Gasteiger partial charge < -0.3 is 14.0 Å². The first-order valence-corrected chi connectivity index (χ1v) is 11.8. The van der Waals surface area contributed by atoms with Gasteiger partial charge in [0.1, 0.15) is 11.2 Å². The summed E-state index contributed by atoms with van der Waals surface area (Å²) in [4.78, 5) is 25.3. The Labute approximate surface area is 198 Å². The van der Waals surface area contributed by atoms with Gasteiger partial charge in [0.05, 0.1) is 18.4 Å². The Morgan fingerprint density at radius 2 is 1.36 bits per heavy atom. The lowest BCUT2D eigenvalue weighted by molar-refractivity contribution is -0.168. The number of hydrogen-bond acceptors (Lipinski definition) is 6. The highest BCUT2D eigenvalue weighted by atomic mass is 32.2. The van der Waals surface area contributed by atoms with Crippen molar-refractivity contribution in [3.63, 3.8) is 0 Å². The molecule has 0 aliphatic rings. The fourth-order valence-electron chi connectivity index (χ4n) is 3.61. The molecule has 0 bridgehead atoms. The van der Waals surface area contributed by atoms with E-state index >= 15 is 0 Å². The number of carbonyl (C=O) groups excluding carboxylic acids is 2. The van der Waals surface area contributed by atoms with E-state index in [1.807, 2.05) is 36.4 Å². The van der Waals surface area contributed by atoms with Gasteiger partial charge in [0, 0.05) is 11.3 Å². The molecule has 0 aromatic heterocycles. The first kappa shape index (κ1) is 26.7. The highest BCUT2D eigenvalue weighted by molar-refractivity contribution is 7.77. The Morgan fingerprint density at radius 1 is 0.848 bits per heavy atom. The molecule has 0 saturated heterocycles. The van der Waals surface area contributed by atoms with E-state index in [0.29, 0.717) is 5.56 Å². The van der Waals surface area contributed by atoms with Crippen molar-refractivity contribution in [2.75, 3.05) is 0 Å². The highest BCUT2D eigenvalue weighted by Gasteiger charge is 2.38. The van der Waals surface area contributed by atoms with Gasteiger partial charge in [0.25, 0.3) is 0 Å². The predicted octanol–water partition coefficient (Wildman–Crippen LogP) is 3.95. The third-order valence-electron chi connectivity index (χ3n) is 4.78. The molecule has 0 spiro atoms. The van der Waals surface area contributed by atoms with E-state index < -0.39 is 39.9 Å². The topological polar surface area (TPSA) is 105 Å². The van der Waals surface area contributed by atoms with Crippen LogP contribution in [0.15, 0.2) is 60.7 Å². The van der Waals surface area contributed by atoms with E-state index in [1.165, 1.54) is 0 Å². The van der Waals surface area contributed by atoms with Crippen LogP contribution in [-0.4, -0.2) is 31.9 Å². The minimum atomic E-state index is -2.65. The second-order valence-electron chi connectivity index (χ2n) is 9.62. The lowest BCUT2D eigenvalue weighted by Crippen LogP contribution is -2.48. The van der Waals surface area contributed by atoms with Crippen molar-refractivity contribution in [3.8, 4) is 0 Å². The molecule has 0 heterocycles. The summed E-state index contributed by atoms with van der Waals surface area (Å²) < 4.78 is 37.1. The SMILES string of the molecule is CC(C)(C)OC(=O)CC(C)(C)OC(=O)C[C@](Cc1ccccc1)(NS(=O)[O-])c1ccccc1. The number of rotatable bonds is 10. The Bertz CT molecular complexity index is 956. The smallest absolute Gasteiger partial charge is 0.310 e. The number of ether oxygens (including phenoxy) is 2. The summed E-state index contributed by atoms with van der Waals surface area (Å²) >= 11 is -2.65. The molecule has 1 unspecified atom stereocenters. The van der Waals surface area contributed by atoms with Crippen LogP contribution in [0.2, 0.25) is 0 Å². The van der Waals surface area contributed by atoms with Crippen LogP contribution in [0.5, 0.6) is 0 Å². The van der Waals surface area contributed by atoms with Crippen molar-refractivity contribution in [1.82, 2.24) is 4.72 Å². The molecule has 2 aromatic rings. The average Bonchev–Trinajstić information content (AvgIpc) is 2.66. The molecule has 0 aliphatic heterocycles. The monoisotopic (exact) mass is 474 g/mol. The van der Waals surface area contributed by atoms with Crippen molar-refractivity contribution in [3.05, 3.63) is 71.8 Å². The maximum atomic E-state index is 13.1. The molecule has 7 nitrogen and oxygen atoms in total. The molecule has 0 saturated carbocycles. The van der Waals surface area contributed by atoms with Crippen LogP contribution in [0.1, 0.15) is 58.6 Å². The summed E-state index contributed by atoms with van der Waals surface area (Å²) in [6.07, 6.45) is -0.168. The van der Waals surface area contributed by atoms with Crippen LogP contribution in [0.25, 0.3) is 0 Å². The lowest BCUT2D eigenvalue weighted by atomic mass is 9.82. The standard InChI is InChI=1S/C25H33NO6S/c1-23(2,3)31-21(27)17-24(4,5)32-22(28)18-25(26-33(29)30,20-14-10-7-11-15-20)16-19-12-8-6-9-13-19/h6-15,26H,16-18H2,1-5H3,(H,29,30)/p-1/t25-/m0/s1. The van der Waals surface area contributed by atoms with Gasteiger partial charge in [-0.25, -0.2) is 4.72 Å². The molecule has 2 atom stereocenters. The van der Waals surface area contributed by atoms with E-state index in [-0.39, 0.29) is 19.3 Å². The highest BCUT2D eigenvalue weighted by Crippen LogP contribution is 2.32. The van der Waals surface area contributed by atoms with Gasteiger partial charge in [-0.2, -0.15) is 0 Å². The summed E-state index contributed by atoms with van der Waals surface area (Å²) in [7, 11) is 0. The fourth-order valence-corrected chi connectivity index (χ4v) is 4.19. The van der Waals surface area contributed by atoms with Gasteiger partial charge in [-0.3, -0.25) is 13.8 Å². The van der Waals surface area contributed by atoms with Crippen LogP contribution >= 0.6 is 0 Å². The zero-order chi connectivity index (χ0) is 24.7. The Kier molecular flexibility index (Phi) is 8.94. The number of nitrogens with one attached hydrogen (secondary N) is 1. The van der Waals surface area contributed by atoms with Gasteiger partial charge in [0.15, 0.2) is 0 Å². The second kappa shape index (κ2) is 11.0. The van der Waals surface area contributed by atoms with Crippen molar-refractivity contribution in [2.45, 2.75) is 70.6 Å². The van der Waals surface area contributed by atoms with Gasteiger partial charge in [-0.05, 0) is 52.2 Å². The summed E-state index contributed by atoms with van der Waals surface area (Å²) in [5.41, 5.74) is -1.59. The van der Waals surface area contributed by atoms with Gasteiger partial charge in [-0.15, -0.1) is 0 Å².